The van der Waals surface area contributed by atoms with Gasteiger partial charge in [0.2, 0.25) is 10.0 Å². The summed E-state index contributed by atoms with van der Waals surface area (Å²) < 4.78 is 35.9. The highest BCUT2D eigenvalue weighted by molar-refractivity contribution is 7.89. The summed E-state index contributed by atoms with van der Waals surface area (Å²) in [5.41, 5.74) is 0.951. The lowest BCUT2D eigenvalue weighted by atomic mass is 10.1. The molecular weight excluding hydrogens is 356 g/mol. The average Bonchev–Trinajstić information content (AvgIpc) is 2.65. The quantitative estimate of drug-likeness (QED) is 0.709. The van der Waals surface area contributed by atoms with E-state index in [2.05, 4.69) is 5.32 Å². The number of Topliss-reactive ketones (excluding diaryl/α,β-unsaturated/α-hetero) is 1. The van der Waals surface area contributed by atoms with E-state index in [1.54, 1.807) is 37.4 Å². The molecule has 0 bridgehead atoms. The molecule has 140 valence electrons. The second kappa shape index (κ2) is 8.20. The standard InChI is InChI=1S/C18H22N2O5S/c1-20(2)26(22,23)15-7-5-6-13(10-15)17(21)12-19-16-9-8-14(24-3)11-18(16)25-4/h5-11,19H,12H2,1-4H3. The van der Waals surface area contributed by atoms with Crippen molar-refractivity contribution in [1.29, 1.82) is 0 Å². The number of hydrogen-bond donors (Lipinski definition) is 1. The molecule has 0 aliphatic heterocycles. The fraction of sp³-hybridized carbons (Fsp3) is 0.278. The molecule has 1 N–H and O–H groups in total. The van der Waals surface area contributed by atoms with Gasteiger partial charge in [0.15, 0.2) is 5.78 Å². The largest absolute Gasteiger partial charge is 0.497 e. The molecule has 0 saturated heterocycles. The highest BCUT2D eigenvalue weighted by Crippen LogP contribution is 2.29. The van der Waals surface area contributed by atoms with Gasteiger partial charge in [-0.1, -0.05) is 12.1 Å². The van der Waals surface area contributed by atoms with E-state index in [1.807, 2.05) is 0 Å². The second-order valence-electron chi connectivity index (χ2n) is 5.66. The molecule has 0 aliphatic carbocycles. The SMILES string of the molecule is COc1ccc(NCC(=O)c2cccc(S(=O)(=O)N(C)C)c2)c(OC)c1. The van der Waals surface area contributed by atoms with Crippen molar-refractivity contribution in [2.24, 2.45) is 0 Å². The van der Waals surface area contributed by atoms with Crippen molar-refractivity contribution in [3.05, 3.63) is 48.0 Å². The molecule has 8 heteroatoms. The molecule has 26 heavy (non-hydrogen) atoms. The average molecular weight is 378 g/mol. The van der Waals surface area contributed by atoms with Crippen LogP contribution in [-0.2, 0) is 10.0 Å². The Kier molecular flexibility index (Phi) is 6.23. The van der Waals surface area contributed by atoms with E-state index < -0.39 is 10.0 Å². The van der Waals surface area contributed by atoms with Crippen molar-refractivity contribution < 1.29 is 22.7 Å². The minimum absolute atomic E-state index is 0.00580. The van der Waals surface area contributed by atoms with Crippen molar-refractivity contribution in [2.45, 2.75) is 4.90 Å². The van der Waals surface area contributed by atoms with Crippen molar-refractivity contribution >= 4 is 21.5 Å². The van der Waals surface area contributed by atoms with Gasteiger partial charge in [-0.05, 0) is 24.3 Å². The molecule has 0 fully saturated rings. The zero-order valence-corrected chi connectivity index (χ0v) is 16.0. The van der Waals surface area contributed by atoms with Crippen LogP contribution < -0.4 is 14.8 Å². The Balaban J connectivity index is 2.17. The minimum atomic E-state index is -3.59. The number of ketones is 1. The first-order valence-electron chi connectivity index (χ1n) is 7.81. The minimum Gasteiger partial charge on any atom is -0.497 e. The van der Waals surface area contributed by atoms with Crippen molar-refractivity contribution in [3.63, 3.8) is 0 Å². The lowest BCUT2D eigenvalue weighted by Crippen LogP contribution is -2.22. The Bertz CT molecular complexity index is 894. The lowest BCUT2D eigenvalue weighted by molar-refractivity contribution is 0.101. The first-order valence-corrected chi connectivity index (χ1v) is 9.25. The van der Waals surface area contributed by atoms with Crippen LogP contribution in [0, 0.1) is 0 Å². The van der Waals surface area contributed by atoms with Crippen molar-refractivity contribution in [1.82, 2.24) is 4.31 Å². The second-order valence-corrected chi connectivity index (χ2v) is 7.81. The van der Waals surface area contributed by atoms with Crippen molar-refractivity contribution in [3.8, 4) is 11.5 Å². The summed E-state index contributed by atoms with van der Waals surface area (Å²) in [5.74, 6) is 0.945. The zero-order valence-electron chi connectivity index (χ0n) is 15.1. The summed E-state index contributed by atoms with van der Waals surface area (Å²) in [6, 6.07) is 11.2. The topological polar surface area (TPSA) is 84.9 Å². The van der Waals surface area contributed by atoms with E-state index in [4.69, 9.17) is 9.47 Å². The van der Waals surface area contributed by atoms with E-state index in [9.17, 15) is 13.2 Å². The predicted octanol–water partition coefficient (Wildman–Crippen LogP) is 2.25. The highest BCUT2D eigenvalue weighted by atomic mass is 32.2. The van der Waals surface area contributed by atoms with Gasteiger partial charge in [-0.3, -0.25) is 4.79 Å². The van der Waals surface area contributed by atoms with E-state index in [0.29, 0.717) is 22.7 Å². The van der Waals surface area contributed by atoms with Gasteiger partial charge >= 0.3 is 0 Å². The number of nitrogens with one attached hydrogen (secondary N) is 1. The van der Waals surface area contributed by atoms with Gasteiger partial charge in [0, 0.05) is 25.7 Å². The normalized spacial score (nSPS) is 11.3. The molecule has 0 radical (unpaired) electrons. The maximum absolute atomic E-state index is 12.5. The third kappa shape index (κ3) is 4.33. The highest BCUT2D eigenvalue weighted by Gasteiger charge is 2.18. The molecule has 0 aliphatic rings. The van der Waals surface area contributed by atoms with Gasteiger partial charge in [-0.25, -0.2) is 12.7 Å². The fourth-order valence-electron chi connectivity index (χ4n) is 2.26. The van der Waals surface area contributed by atoms with Gasteiger partial charge in [0.05, 0.1) is 31.3 Å². The summed E-state index contributed by atoms with van der Waals surface area (Å²) in [6.07, 6.45) is 0. The van der Waals surface area contributed by atoms with E-state index in [0.717, 1.165) is 4.31 Å². The number of carbonyl (C=O) groups is 1. The van der Waals surface area contributed by atoms with Crippen molar-refractivity contribution in [2.75, 3.05) is 40.2 Å². The Labute approximate surface area is 153 Å². The van der Waals surface area contributed by atoms with Gasteiger partial charge in [-0.2, -0.15) is 0 Å². The van der Waals surface area contributed by atoms with Gasteiger partial charge in [0.1, 0.15) is 11.5 Å². The van der Waals surface area contributed by atoms with Crippen LogP contribution in [0.25, 0.3) is 0 Å². The van der Waals surface area contributed by atoms with E-state index in [1.165, 1.54) is 33.3 Å². The third-order valence-corrected chi connectivity index (χ3v) is 5.59. The molecular formula is C18H22N2O5S. The smallest absolute Gasteiger partial charge is 0.242 e. The van der Waals surface area contributed by atoms with Gasteiger partial charge in [-0.15, -0.1) is 0 Å². The Morgan fingerprint density at radius 1 is 1.08 bits per heavy atom. The van der Waals surface area contributed by atoms with Crippen LogP contribution in [0.1, 0.15) is 10.4 Å². The maximum atomic E-state index is 12.5. The summed E-state index contributed by atoms with van der Waals surface area (Å²) in [7, 11) is 2.38. The number of sulfonamides is 1. The molecule has 2 rings (SSSR count). The first kappa shape index (κ1) is 19.7. The Morgan fingerprint density at radius 3 is 2.42 bits per heavy atom. The Hall–Kier alpha value is -2.58. The number of anilines is 1. The first-order chi connectivity index (χ1) is 12.3. The molecule has 0 aromatic heterocycles. The van der Waals surface area contributed by atoms with Gasteiger partial charge in [0.25, 0.3) is 0 Å². The monoisotopic (exact) mass is 378 g/mol. The Morgan fingerprint density at radius 2 is 1.81 bits per heavy atom. The van der Waals surface area contributed by atoms with Crippen LogP contribution >= 0.6 is 0 Å². The fourth-order valence-corrected chi connectivity index (χ4v) is 3.21. The van der Waals surface area contributed by atoms with Crippen LogP contribution in [0.2, 0.25) is 0 Å². The molecule has 2 aromatic rings. The van der Waals surface area contributed by atoms with E-state index in [-0.39, 0.29) is 17.2 Å². The van der Waals surface area contributed by atoms with Gasteiger partial charge < -0.3 is 14.8 Å². The molecule has 0 unspecified atom stereocenters. The lowest BCUT2D eigenvalue weighted by Gasteiger charge is -2.13. The van der Waals surface area contributed by atoms with Crippen LogP contribution in [0.5, 0.6) is 11.5 Å². The number of carbonyl (C=O) groups excluding carboxylic acids is 1. The van der Waals surface area contributed by atoms with Crippen LogP contribution in [0.3, 0.4) is 0 Å². The molecule has 0 saturated carbocycles. The van der Waals surface area contributed by atoms with Crippen LogP contribution in [0.4, 0.5) is 5.69 Å². The number of rotatable bonds is 8. The molecule has 7 nitrogen and oxygen atoms in total. The molecule has 0 amide bonds. The number of ether oxygens (including phenoxy) is 2. The predicted molar refractivity (Wildman–Crippen MR) is 99.7 cm³/mol. The molecule has 0 heterocycles. The summed E-state index contributed by atoms with van der Waals surface area (Å²) in [4.78, 5) is 12.5. The van der Waals surface area contributed by atoms with Crippen LogP contribution in [-0.4, -0.2) is 53.4 Å². The summed E-state index contributed by atoms with van der Waals surface area (Å²) in [5, 5.41) is 3.00. The number of nitrogens with zero attached hydrogens (tertiary/aromatic N) is 1. The molecule has 2 aromatic carbocycles. The number of hydrogen-bond acceptors (Lipinski definition) is 6. The molecule has 0 atom stereocenters. The van der Waals surface area contributed by atoms with E-state index >= 15 is 0 Å². The number of benzene rings is 2. The summed E-state index contributed by atoms with van der Waals surface area (Å²) >= 11 is 0. The zero-order chi connectivity index (χ0) is 19.3. The molecule has 0 spiro atoms. The summed E-state index contributed by atoms with van der Waals surface area (Å²) in [6.45, 7) is -0.00580. The third-order valence-electron chi connectivity index (χ3n) is 3.78. The number of methoxy groups -OCH3 is 2. The maximum Gasteiger partial charge on any atom is 0.242 e. The van der Waals surface area contributed by atoms with Crippen LogP contribution in [0.15, 0.2) is 47.4 Å².